The number of benzene rings is 1. The van der Waals surface area contributed by atoms with Crippen molar-refractivity contribution in [2.75, 3.05) is 0 Å². The maximum Gasteiger partial charge on any atom is 0.251 e. The van der Waals surface area contributed by atoms with Crippen LogP contribution < -0.4 is 5.32 Å². The van der Waals surface area contributed by atoms with Gasteiger partial charge in [-0.15, -0.1) is 0 Å². The highest BCUT2D eigenvalue weighted by Crippen LogP contribution is 2.22. The van der Waals surface area contributed by atoms with Crippen molar-refractivity contribution in [3.63, 3.8) is 0 Å². The fourth-order valence-electron chi connectivity index (χ4n) is 2.37. The minimum absolute atomic E-state index is 0.0284. The Balaban J connectivity index is 1.69. The van der Waals surface area contributed by atoms with Gasteiger partial charge in [0, 0.05) is 11.8 Å². The second-order valence-corrected chi connectivity index (χ2v) is 4.60. The summed E-state index contributed by atoms with van der Waals surface area (Å²) >= 11 is 0. The molecule has 0 atom stereocenters. The van der Waals surface area contributed by atoms with Gasteiger partial charge in [-0.2, -0.15) is 5.10 Å². The summed E-state index contributed by atoms with van der Waals surface area (Å²) in [4.78, 5) is 12.0. The maximum atomic E-state index is 12.0. The average Bonchev–Trinajstić information content (AvgIpc) is 3.05. The molecule has 0 aliphatic heterocycles. The molecule has 1 heterocycles. The Morgan fingerprint density at radius 3 is 3.00 bits per heavy atom. The summed E-state index contributed by atoms with van der Waals surface area (Å²) in [6, 6.07) is 7.85. The third kappa shape index (κ3) is 2.14. The molecule has 1 aliphatic carbocycles. The predicted molar refractivity (Wildman–Crippen MR) is 68.2 cm³/mol. The quantitative estimate of drug-likeness (QED) is 0.861. The lowest BCUT2D eigenvalue weighted by molar-refractivity contribution is 0.0950. The lowest BCUT2D eigenvalue weighted by Gasteiger charge is -2.06. The van der Waals surface area contributed by atoms with Crippen LogP contribution in [-0.4, -0.2) is 16.1 Å². The largest absolute Gasteiger partial charge is 0.346 e. The molecule has 0 radical (unpaired) electrons. The third-order valence-corrected chi connectivity index (χ3v) is 3.36. The van der Waals surface area contributed by atoms with Crippen LogP contribution in [0.25, 0.3) is 0 Å². The van der Waals surface area contributed by atoms with Crippen LogP contribution in [0.2, 0.25) is 0 Å². The van der Waals surface area contributed by atoms with Gasteiger partial charge in [0.05, 0.1) is 12.2 Å². The van der Waals surface area contributed by atoms with Gasteiger partial charge >= 0.3 is 0 Å². The minimum Gasteiger partial charge on any atom is -0.346 e. The van der Waals surface area contributed by atoms with Crippen molar-refractivity contribution in [3.8, 4) is 0 Å². The van der Waals surface area contributed by atoms with E-state index in [1.165, 1.54) is 17.5 Å². The average molecular weight is 241 g/mol. The van der Waals surface area contributed by atoms with E-state index in [-0.39, 0.29) is 5.91 Å². The van der Waals surface area contributed by atoms with Gasteiger partial charge in [-0.3, -0.25) is 9.89 Å². The molecule has 2 aromatic rings. The molecule has 1 aliphatic rings. The van der Waals surface area contributed by atoms with Crippen molar-refractivity contribution >= 4 is 5.91 Å². The van der Waals surface area contributed by atoms with Crippen molar-refractivity contribution in [2.24, 2.45) is 0 Å². The third-order valence-electron chi connectivity index (χ3n) is 3.36. The normalized spacial score (nSPS) is 13.3. The Kier molecular flexibility index (Phi) is 2.84. The Morgan fingerprint density at radius 2 is 2.17 bits per heavy atom. The van der Waals surface area contributed by atoms with Crippen LogP contribution in [0.3, 0.4) is 0 Å². The molecule has 0 fully saturated rings. The molecule has 92 valence electrons. The Morgan fingerprint density at radius 1 is 1.28 bits per heavy atom. The summed E-state index contributed by atoms with van der Waals surface area (Å²) in [5.74, 6) is -0.0284. The summed E-state index contributed by atoms with van der Waals surface area (Å²) in [6.45, 7) is 0.482. The molecule has 1 aromatic heterocycles. The summed E-state index contributed by atoms with van der Waals surface area (Å²) in [6.07, 6.45) is 5.12. The number of amides is 1. The van der Waals surface area contributed by atoms with Gasteiger partial charge in [-0.1, -0.05) is 6.07 Å². The van der Waals surface area contributed by atoms with Crippen molar-refractivity contribution in [1.82, 2.24) is 15.5 Å². The van der Waals surface area contributed by atoms with E-state index >= 15 is 0 Å². The number of carbonyl (C=O) groups excluding carboxylic acids is 1. The van der Waals surface area contributed by atoms with Gasteiger partial charge < -0.3 is 5.32 Å². The first-order chi connectivity index (χ1) is 8.83. The highest BCUT2D eigenvalue weighted by Gasteiger charge is 2.13. The molecular formula is C14H15N3O. The van der Waals surface area contributed by atoms with E-state index in [4.69, 9.17) is 0 Å². The lowest BCUT2D eigenvalue weighted by Crippen LogP contribution is -2.23. The molecule has 2 N–H and O–H groups in total. The standard InChI is InChI=1S/C14H15N3O/c18-14(15-9-13-6-7-16-17-13)12-5-4-10-2-1-3-11(10)8-12/h4-8H,1-3,9H2,(H,15,18)(H,16,17). The van der Waals surface area contributed by atoms with Gasteiger partial charge in [0.25, 0.3) is 5.91 Å². The number of aryl methyl sites for hydroxylation is 2. The number of hydrogen-bond donors (Lipinski definition) is 2. The molecular weight excluding hydrogens is 226 g/mol. The second kappa shape index (κ2) is 4.64. The number of nitrogens with one attached hydrogen (secondary N) is 2. The van der Waals surface area contributed by atoms with E-state index in [9.17, 15) is 4.79 Å². The fraction of sp³-hybridized carbons (Fsp3) is 0.286. The highest BCUT2D eigenvalue weighted by atomic mass is 16.1. The number of aromatic amines is 1. The fourth-order valence-corrected chi connectivity index (χ4v) is 2.37. The van der Waals surface area contributed by atoms with Crippen LogP contribution in [0.5, 0.6) is 0 Å². The first-order valence-electron chi connectivity index (χ1n) is 6.21. The van der Waals surface area contributed by atoms with E-state index < -0.39 is 0 Å². The molecule has 1 amide bonds. The number of hydrogen-bond acceptors (Lipinski definition) is 2. The van der Waals surface area contributed by atoms with Crippen molar-refractivity contribution in [1.29, 1.82) is 0 Å². The topological polar surface area (TPSA) is 57.8 Å². The number of H-pyrrole nitrogens is 1. The van der Waals surface area contributed by atoms with E-state index in [0.717, 1.165) is 24.1 Å². The van der Waals surface area contributed by atoms with Crippen molar-refractivity contribution in [3.05, 3.63) is 52.8 Å². The molecule has 1 aromatic carbocycles. The molecule has 0 unspecified atom stereocenters. The first kappa shape index (κ1) is 11.0. The molecule has 4 heteroatoms. The lowest BCUT2D eigenvalue weighted by atomic mass is 10.1. The van der Waals surface area contributed by atoms with Crippen LogP contribution in [0.15, 0.2) is 30.5 Å². The number of rotatable bonds is 3. The monoisotopic (exact) mass is 241 g/mol. The Labute approximate surface area is 105 Å². The van der Waals surface area contributed by atoms with E-state index in [1.807, 2.05) is 18.2 Å². The molecule has 0 saturated heterocycles. The molecule has 3 rings (SSSR count). The van der Waals surface area contributed by atoms with E-state index in [2.05, 4.69) is 21.6 Å². The van der Waals surface area contributed by atoms with E-state index in [1.54, 1.807) is 6.20 Å². The molecule has 18 heavy (non-hydrogen) atoms. The summed E-state index contributed by atoms with van der Waals surface area (Å²) in [5, 5.41) is 9.55. The summed E-state index contributed by atoms with van der Waals surface area (Å²) in [5.41, 5.74) is 4.36. The van der Waals surface area contributed by atoms with Gasteiger partial charge in [-0.05, 0) is 48.6 Å². The number of carbonyl (C=O) groups is 1. The van der Waals surface area contributed by atoms with Gasteiger partial charge in [-0.25, -0.2) is 0 Å². The second-order valence-electron chi connectivity index (χ2n) is 4.60. The van der Waals surface area contributed by atoms with Crippen LogP contribution >= 0.6 is 0 Å². The van der Waals surface area contributed by atoms with E-state index in [0.29, 0.717) is 6.54 Å². The van der Waals surface area contributed by atoms with Crippen molar-refractivity contribution in [2.45, 2.75) is 25.8 Å². The van der Waals surface area contributed by atoms with Gasteiger partial charge in [0.15, 0.2) is 0 Å². The molecule has 0 saturated carbocycles. The van der Waals surface area contributed by atoms with Crippen LogP contribution in [0, 0.1) is 0 Å². The van der Waals surface area contributed by atoms with Gasteiger partial charge in [0.1, 0.15) is 0 Å². The number of aromatic nitrogens is 2. The molecule has 4 nitrogen and oxygen atoms in total. The number of nitrogens with zero attached hydrogens (tertiary/aromatic N) is 1. The number of fused-ring (bicyclic) bond motifs is 1. The van der Waals surface area contributed by atoms with Crippen LogP contribution in [0.1, 0.15) is 33.6 Å². The van der Waals surface area contributed by atoms with Crippen molar-refractivity contribution < 1.29 is 4.79 Å². The summed E-state index contributed by atoms with van der Waals surface area (Å²) < 4.78 is 0. The zero-order valence-electron chi connectivity index (χ0n) is 10.1. The Hall–Kier alpha value is -2.10. The minimum atomic E-state index is -0.0284. The molecule has 0 bridgehead atoms. The molecule has 0 spiro atoms. The zero-order chi connectivity index (χ0) is 12.4. The zero-order valence-corrected chi connectivity index (χ0v) is 10.1. The smallest absolute Gasteiger partial charge is 0.251 e. The highest BCUT2D eigenvalue weighted by molar-refractivity contribution is 5.94. The van der Waals surface area contributed by atoms with Crippen LogP contribution in [0.4, 0.5) is 0 Å². The summed E-state index contributed by atoms with van der Waals surface area (Å²) in [7, 11) is 0. The Bertz CT molecular complexity index is 560. The van der Waals surface area contributed by atoms with Crippen LogP contribution in [-0.2, 0) is 19.4 Å². The SMILES string of the molecule is O=C(NCc1ccn[nH]1)c1ccc2c(c1)CCC2. The maximum absolute atomic E-state index is 12.0. The predicted octanol–water partition coefficient (Wildman–Crippen LogP) is 1.83. The van der Waals surface area contributed by atoms with Gasteiger partial charge in [0.2, 0.25) is 0 Å². The first-order valence-corrected chi connectivity index (χ1v) is 6.21.